The van der Waals surface area contributed by atoms with Crippen molar-refractivity contribution in [2.45, 2.75) is 18.7 Å². The normalized spacial score (nSPS) is 17.2. The number of nitrogens with zero attached hydrogens (tertiary/aromatic N) is 1. The lowest BCUT2D eigenvalue weighted by Crippen LogP contribution is -2.29. The van der Waals surface area contributed by atoms with Crippen molar-refractivity contribution in [1.29, 1.82) is 0 Å². The largest absolute Gasteiger partial charge is 0.496 e. The Kier molecular flexibility index (Phi) is 5.90. The molecule has 0 bridgehead atoms. The number of benzene rings is 2. The summed E-state index contributed by atoms with van der Waals surface area (Å²) in [5.41, 5.74) is 7.08. The van der Waals surface area contributed by atoms with Gasteiger partial charge in [-0.15, -0.1) is 5.73 Å². The zero-order valence-corrected chi connectivity index (χ0v) is 17.3. The number of methoxy groups -OCH3 is 1. The summed E-state index contributed by atoms with van der Waals surface area (Å²) in [6, 6.07) is 14.6. The summed E-state index contributed by atoms with van der Waals surface area (Å²) in [7, 11) is -1.93. The lowest BCUT2D eigenvalue weighted by molar-refractivity contribution is 0.414. The standard InChI is InChI=1S/C23H25NO3S/c1-17(2)22-16-24(28(25,26)21-13-9-18(3)10-14-21)15-20(22)12-11-19-7-5-6-8-23(19)27-4/h5-11,13-14,22H,1,15-16H2,2-4H3. The first kappa shape index (κ1) is 20.2. The molecule has 0 radical (unpaired) electrons. The number of rotatable bonds is 5. The minimum absolute atomic E-state index is 0.0498. The summed E-state index contributed by atoms with van der Waals surface area (Å²) >= 11 is 0. The molecule has 4 nitrogen and oxygen atoms in total. The molecule has 0 N–H and O–H groups in total. The summed E-state index contributed by atoms with van der Waals surface area (Å²) in [4.78, 5) is 0.313. The van der Waals surface area contributed by atoms with Gasteiger partial charge >= 0.3 is 0 Å². The van der Waals surface area contributed by atoms with E-state index in [1.165, 1.54) is 4.31 Å². The molecule has 1 aliphatic heterocycles. The van der Waals surface area contributed by atoms with Crippen molar-refractivity contribution >= 4 is 16.1 Å². The molecule has 2 aromatic carbocycles. The molecule has 0 amide bonds. The first-order valence-corrected chi connectivity index (χ1v) is 10.6. The summed E-state index contributed by atoms with van der Waals surface area (Å²) in [5.74, 6) is 0.704. The Labute approximate surface area is 167 Å². The third-order valence-corrected chi connectivity index (χ3v) is 6.79. The number of aryl methyl sites for hydroxylation is 1. The van der Waals surface area contributed by atoms with E-state index >= 15 is 0 Å². The maximum Gasteiger partial charge on any atom is 0.243 e. The van der Waals surface area contributed by atoms with E-state index in [0.29, 0.717) is 18.0 Å². The topological polar surface area (TPSA) is 46.6 Å². The number of hydrogen-bond donors (Lipinski definition) is 0. The van der Waals surface area contributed by atoms with E-state index in [1.807, 2.05) is 56.3 Å². The third kappa shape index (κ3) is 4.12. The Balaban J connectivity index is 1.96. The van der Waals surface area contributed by atoms with E-state index in [4.69, 9.17) is 4.74 Å². The highest BCUT2D eigenvalue weighted by atomic mass is 32.2. The minimum Gasteiger partial charge on any atom is -0.496 e. The SMILES string of the molecule is C=C(C)C1CN(S(=O)(=O)c2ccc(C)cc2)CC1=C=Cc1ccccc1OC. The van der Waals surface area contributed by atoms with Gasteiger partial charge in [0, 0.05) is 24.6 Å². The van der Waals surface area contributed by atoms with Crippen LogP contribution in [-0.2, 0) is 10.0 Å². The van der Waals surface area contributed by atoms with E-state index in [1.54, 1.807) is 19.2 Å². The van der Waals surface area contributed by atoms with Crippen LogP contribution in [0.5, 0.6) is 5.75 Å². The molecular formula is C23H25NO3S. The first-order valence-electron chi connectivity index (χ1n) is 9.13. The number of hydrogen-bond acceptors (Lipinski definition) is 3. The van der Waals surface area contributed by atoms with Gasteiger partial charge in [-0.3, -0.25) is 0 Å². The van der Waals surface area contributed by atoms with Crippen LogP contribution in [0, 0.1) is 12.8 Å². The molecule has 28 heavy (non-hydrogen) atoms. The molecule has 1 saturated heterocycles. The highest BCUT2D eigenvalue weighted by Crippen LogP contribution is 2.32. The van der Waals surface area contributed by atoms with E-state index in [0.717, 1.165) is 28.0 Å². The second-order valence-corrected chi connectivity index (χ2v) is 9.00. The van der Waals surface area contributed by atoms with Crippen LogP contribution < -0.4 is 4.74 Å². The van der Waals surface area contributed by atoms with Crippen molar-refractivity contribution in [3.8, 4) is 5.75 Å². The highest BCUT2D eigenvalue weighted by Gasteiger charge is 2.36. The molecule has 2 aromatic rings. The summed E-state index contributed by atoms with van der Waals surface area (Å²) < 4.78 is 33.0. The molecule has 3 rings (SSSR count). The molecule has 1 heterocycles. The van der Waals surface area contributed by atoms with Crippen molar-refractivity contribution in [2.24, 2.45) is 5.92 Å². The molecule has 0 saturated carbocycles. The Hall–Kier alpha value is -2.59. The summed E-state index contributed by atoms with van der Waals surface area (Å²) in [5, 5.41) is 0. The zero-order valence-electron chi connectivity index (χ0n) is 16.5. The lowest BCUT2D eigenvalue weighted by Gasteiger charge is -2.16. The molecule has 0 aromatic heterocycles. The zero-order chi connectivity index (χ0) is 20.3. The highest BCUT2D eigenvalue weighted by molar-refractivity contribution is 7.89. The summed E-state index contributed by atoms with van der Waals surface area (Å²) in [6.07, 6.45) is 1.85. The quantitative estimate of drug-likeness (QED) is 0.555. The average Bonchev–Trinajstić information content (AvgIpc) is 3.12. The van der Waals surface area contributed by atoms with Gasteiger partial charge in [0.25, 0.3) is 0 Å². The van der Waals surface area contributed by atoms with Gasteiger partial charge in [0.1, 0.15) is 5.75 Å². The van der Waals surface area contributed by atoms with Crippen molar-refractivity contribution in [2.75, 3.05) is 20.2 Å². The lowest BCUT2D eigenvalue weighted by atomic mass is 9.96. The van der Waals surface area contributed by atoms with Gasteiger partial charge in [0.2, 0.25) is 10.0 Å². The molecule has 1 atom stereocenters. The second-order valence-electron chi connectivity index (χ2n) is 7.07. The van der Waals surface area contributed by atoms with Crippen LogP contribution in [0.1, 0.15) is 18.1 Å². The first-order chi connectivity index (χ1) is 13.3. The molecule has 5 heteroatoms. The minimum atomic E-state index is -3.56. The van der Waals surface area contributed by atoms with Gasteiger partial charge in [0.05, 0.1) is 12.0 Å². The van der Waals surface area contributed by atoms with Gasteiger partial charge in [0.15, 0.2) is 0 Å². The van der Waals surface area contributed by atoms with Crippen LogP contribution in [-0.4, -0.2) is 32.9 Å². The predicted molar refractivity (Wildman–Crippen MR) is 113 cm³/mol. The Morgan fingerprint density at radius 2 is 1.89 bits per heavy atom. The fourth-order valence-electron chi connectivity index (χ4n) is 3.28. The smallest absolute Gasteiger partial charge is 0.243 e. The van der Waals surface area contributed by atoms with Crippen LogP contribution in [0.25, 0.3) is 6.08 Å². The number of ether oxygens (including phenoxy) is 1. The fraction of sp³-hybridized carbons (Fsp3) is 0.261. The van der Waals surface area contributed by atoms with Crippen LogP contribution in [0.4, 0.5) is 0 Å². The Morgan fingerprint density at radius 1 is 1.21 bits per heavy atom. The van der Waals surface area contributed by atoms with Crippen LogP contribution in [0.2, 0.25) is 0 Å². The second kappa shape index (κ2) is 8.19. The molecule has 146 valence electrons. The molecule has 1 unspecified atom stereocenters. The van der Waals surface area contributed by atoms with Crippen LogP contribution >= 0.6 is 0 Å². The fourth-order valence-corrected chi connectivity index (χ4v) is 4.71. The maximum absolute atomic E-state index is 13.1. The molecule has 1 fully saturated rings. The Bertz CT molecular complexity index is 1050. The van der Waals surface area contributed by atoms with Crippen molar-refractivity contribution in [3.63, 3.8) is 0 Å². The van der Waals surface area contributed by atoms with Crippen LogP contribution in [0.15, 0.2) is 76.9 Å². The Morgan fingerprint density at radius 3 is 2.54 bits per heavy atom. The van der Waals surface area contributed by atoms with Crippen molar-refractivity contribution in [1.82, 2.24) is 4.31 Å². The van der Waals surface area contributed by atoms with Gasteiger partial charge in [-0.2, -0.15) is 4.31 Å². The number of para-hydroxylation sites is 1. The van der Waals surface area contributed by atoms with Gasteiger partial charge < -0.3 is 4.74 Å². The van der Waals surface area contributed by atoms with E-state index in [-0.39, 0.29) is 5.92 Å². The van der Waals surface area contributed by atoms with Crippen molar-refractivity contribution < 1.29 is 13.2 Å². The predicted octanol–water partition coefficient (Wildman–Crippen LogP) is 4.44. The monoisotopic (exact) mass is 395 g/mol. The maximum atomic E-state index is 13.1. The van der Waals surface area contributed by atoms with Gasteiger partial charge in [-0.05, 0) is 43.7 Å². The molecule has 0 aliphatic carbocycles. The molecular weight excluding hydrogens is 370 g/mol. The average molecular weight is 396 g/mol. The molecule has 1 aliphatic rings. The number of sulfonamides is 1. The van der Waals surface area contributed by atoms with Gasteiger partial charge in [-0.25, -0.2) is 8.42 Å². The van der Waals surface area contributed by atoms with E-state index in [2.05, 4.69) is 12.3 Å². The summed E-state index contributed by atoms with van der Waals surface area (Å²) in [6.45, 7) is 8.61. The van der Waals surface area contributed by atoms with Crippen LogP contribution in [0.3, 0.4) is 0 Å². The van der Waals surface area contributed by atoms with E-state index < -0.39 is 10.0 Å². The molecule has 0 spiro atoms. The van der Waals surface area contributed by atoms with E-state index in [9.17, 15) is 8.42 Å². The third-order valence-electron chi connectivity index (χ3n) is 4.96. The van der Waals surface area contributed by atoms with Gasteiger partial charge in [-0.1, -0.05) is 48.0 Å². The van der Waals surface area contributed by atoms with Crippen molar-refractivity contribution in [3.05, 3.63) is 83.1 Å².